The number of carbonyl (C=O) groups is 1. The minimum absolute atomic E-state index is 0.253. The molecular formula is C12H23NO2. The van der Waals surface area contributed by atoms with Gasteiger partial charge in [-0.3, -0.25) is 4.79 Å². The van der Waals surface area contributed by atoms with E-state index in [0.717, 1.165) is 25.7 Å². The molecule has 0 saturated heterocycles. The highest BCUT2D eigenvalue weighted by molar-refractivity contribution is 5.74. The summed E-state index contributed by atoms with van der Waals surface area (Å²) in [6.07, 6.45) is 5.64. The highest BCUT2D eigenvalue weighted by atomic mass is 16.4. The van der Waals surface area contributed by atoms with Crippen molar-refractivity contribution in [3.8, 4) is 0 Å². The van der Waals surface area contributed by atoms with Crippen LogP contribution in [-0.4, -0.2) is 17.6 Å². The third-order valence-corrected chi connectivity index (χ3v) is 4.17. The molecule has 1 rings (SSSR count). The fourth-order valence-electron chi connectivity index (χ4n) is 2.67. The van der Waals surface area contributed by atoms with Gasteiger partial charge in [-0.25, -0.2) is 0 Å². The molecule has 3 nitrogen and oxygen atoms in total. The minimum Gasteiger partial charge on any atom is -0.481 e. The van der Waals surface area contributed by atoms with Crippen molar-refractivity contribution in [1.82, 2.24) is 0 Å². The molecule has 0 spiro atoms. The third-order valence-electron chi connectivity index (χ3n) is 4.17. The van der Waals surface area contributed by atoms with Crippen LogP contribution in [0, 0.1) is 17.3 Å². The summed E-state index contributed by atoms with van der Waals surface area (Å²) in [5.74, 6) is 0.236. The second-order valence-electron chi connectivity index (χ2n) is 5.06. The van der Waals surface area contributed by atoms with Crippen LogP contribution < -0.4 is 5.73 Å². The smallest absolute Gasteiger partial charge is 0.310 e. The van der Waals surface area contributed by atoms with Gasteiger partial charge in [-0.05, 0) is 31.6 Å². The summed E-state index contributed by atoms with van der Waals surface area (Å²) in [6.45, 7) is 4.25. The largest absolute Gasteiger partial charge is 0.481 e. The van der Waals surface area contributed by atoms with Gasteiger partial charge in [-0.15, -0.1) is 0 Å². The molecule has 1 aliphatic carbocycles. The Hall–Kier alpha value is -0.570. The lowest BCUT2D eigenvalue weighted by atomic mass is 9.66. The van der Waals surface area contributed by atoms with Crippen LogP contribution in [0.25, 0.3) is 0 Å². The Balaban J connectivity index is 2.72. The lowest BCUT2D eigenvalue weighted by Crippen LogP contribution is -2.44. The molecule has 0 heterocycles. The Bertz CT molecular complexity index is 230. The van der Waals surface area contributed by atoms with Gasteiger partial charge in [0.1, 0.15) is 0 Å². The zero-order valence-corrected chi connectivity index (χ0v) is 9.83. The van der Waals surface area contributed by atoms with E-state index in [1.807, 2.05) is 0 Å². The van der Waals surface area contributed by atoms with Crippen molar-refractivity contribution in [2.75, 3.05) is 6.54 Å². The summed E-state index contributed by atoms with van der Waals surface area (Å²) in [7, 11) is 0. The second kappa shape index (κ2) is 4.97. The molecule has 88 valence electrons. The van der Waals surface area contributed by atoms with E-state index in [1.165, 1.54) is 6.42 Å². The number of carboxylic acid groups (broad SMARTS) is 1. The van der Waals surface area contributed by atoms with Crippen molar-refractivity contribution >= 4 is 5.97 Å². The van der Waals surface area contributed by atoms with Gasteiger partial charge in [0.05, 0.1) is 5.41 Å². The molecular weight excluding hydrogens is 190 g/mol. The highest BCUT2D eigenvalue weighted by Gasteiger charge is 2.41. The molecule has 0 aromatic heterocycles. The van der Waals surface area contributed by atoms with Gasteiger partial charge in [0.25, 0.3) is 0 Å². The number of rotatable bonds is 4. The van der Waals surface area contributed by atoms with Crippen LogP contribution in [0.1, 0.15) is 46.0 Å². The Morgan fingerprint density at radius 1 is 1.53 bits per heavy atom. The zero-order chi connectivity index (χ0) is 11.5. The first kappa shape index (κ1) is 12.5. The number of carboxylic acids is 1. The average Bonchev–Trinajstić information content (AvgIpc) is 2.27. The van der Waals surface area contributed by atoms with Gasteiger partial charge in [-0.2, -0.15) is 0 Å². The van der Waals surface area contributed by atoms with E-state index >= 15 is 0 Å². The number of hydrogen-bond acceptors (Lipinski definition) is 2. The van der Waals surface area contributed by atoms with Crippen LogP contribution in [-0.2, 0) is 4.79 Å². The molecule has 1 aliphatic rings. The monoisotopic (exact) mass is 213 g/mol. The first-order chi connectivity index (χ1) is 7.04. The standard InChI is InChI=1S/C12H23NO2/c1-3-9-5-4-6-10(7-9)12(2,8-13)11(14)15/h9-10H,3-8,13H2,1-2H3,(H,14,15). The quantitative estimate of drug-likeness (QED) is 0.753. The summed E-state index contributed by atoms with van der Waals surface area (Å²) in [6, 6.07) is 0. The van der Waals surface area contributed by atoms with Crippen LogP contribution in [0.15, 0.2) is 0 Å². The normalized spacial score (nSPS) is 30.9. The minimum atomic E-state index is -0.730. The Morgan fingerprint density at radius 3 is 2.67 bits per heavy atom. The van der Waals surface area contributed by atoms with E-state index in [4.69, 9.17) is 5.73 Å². The third kappa shape index (κ3) is 2.51. The van der Waals surface area contributed by atoms with Crippen molar-refractivity contribution in [3.05, 3.63) is 0 Å². The molecule has 3 N–H and O–H groups in total. The van der Waals surface area contributed by atoms with Crippen LogP contribution in [0.5, 0.6) is 0 Å². The van der Waals surface area contributed by atoms with Crippen LogP contribution in [0.4, 0.5) is 0 Å². The van der Waals surface area contributed by atoms with E-state index < -0.39 is 11.4 Å². The molecule has 0 aromatic carbocycles. The molecule has 3 heteroatoms. The maximum Gasteiger partial charge on any atom is 0.310 e. The van der Waals surface area contributed by atoms with Gasteiger partial charge in [-0.1, -0.05) is 26.2 Å². The molecule has 0 aliphatic heterocycles. The second-order valence-corrected chi connectivity index (χ2v) is 5.06. The Morgan fingerprint density at radius 2 is 2.20 bits per heavy atom. The van der Waals surface area contributed by atoms with E-state index in [9.17, 15) is 9.90 Å². The van der Waals surface area contributed by atoms with E-state index in [2.05, 4.69) is 6.92 Å². The zero-order valence-electron chi connectivity index (χ0n) is 9.83. The fourth-order valence-corrected chi connectivity index (χ4v) is 2.67. The Kier molecular flexibility index (Phi) is 4.14. The summed E-state index contributed by atoms with van der Waals surface area (Å²) in [5.41, 5.74) is 4.93. The van der Waals surface area contributed by atoms with Crippen LogP contribution in [0.3, 0.4) is 0 Å². The Labute approximate surface area is 92.0 Å². The van der Waals surface area contributed by atoms with Crippen LogP contribution in [0.2, 0.25) is 0 Å². The first-order valence-electron chi connectivity index (χ1n) is 5.98. The van der Waals surface area contributed by atoms with Crippen LogP contribution >= 0.6 is 0 Å². The molecule has 1 fully saturated rings. The lowest BCUT2D eigenvalue weighted by Gasteiger charge is -2.38. The van der Waals surface area contributed by atoms with Gasteiger partial charge in [0, 0.05) is 6.54 Å². The molecule has 0 radical (unpaired) electrons. The SMILES string of the molecule is CCC1CCCC(C(C)(CN)C(=O)O)C1. The van der Waals surface area contributed by atoms with E-state index in [0.29, 0.717) is 5.92 Å². The number of hydrogen-bond donors (Lipinski definition) is 2. The summed E-state index contributed by atoms with van der Waals surface area (Å²) in [4.78, 5) is 11.3. The molecule has 0 amide bonds. The van der Waals surface area contributed by atoms with Gasteiger partial charge in [0.15, 0.2) is 0 Å². The van der Waals surface area contributed by atoms with Crippen molar-refractivity contribution < 1.29 is 9.90 Å². The number of nitrogens with two attached hydrogens (primary N) is 1. The number of aliphatic carboxylic acids is 1. The van der Waals surface area contributed by atoms with Crippen molar-refractivity contribution in [2.24, 2.45) is 23.0 Å². The molecule has 0 bridgehead atoms. The predicted octanol–water partition coefficient (Wildman–Crippen LogP) is 2.25. The van der Waals surface area contributed by atoms with Crippen molar-refractivity contribution in [2.45, 2.75) is 46.0 Å². The molecule has 3 atom stereocenters. The maximum atomic E-state index is 11.3. The van der Waals surface area contributed by atoms with Crippen molar-refractivity contribution in [1.29, 1.82) is 0 Å². The summed E-state index contributed by atoms with van der Waals surface area (Å²) in [5, 5.41) is 9.26. The summed E-state index contributed by atoms with van der Waals surface area (Å²) < 4.78 is 0. The molecule has 0 aromatic rings. The van der Waals surface area contributed by atoms with Gasteiger partial charge >= 0.3 is 5.97 Å². The summed E-state index contributed by atoms with van der Waals surface area (Å²) >= 11 is 0. The van der Waals surface area contributed by atoms with Gasteiger partial charge < -0.3 is 10.8 Å². The van der Waals surface area contributed by atoms with E-state index in [1.54, 1.807) is 6.92 Å². The molecule has 1 saturated carbocycles. The topological polar surface area (TPSA) is 63.3 Å². The van der Waals surface area contributed by atoms with Crippen molar-refractivity contribution in [3.63, 3.8) is 0 Å². The highest BCUT2D eigenvalue weighted by Crippen LogP contribution is 2.41. The predicted molar refractivity (Wildman–Crippen MR) is 60.5 cm³/mol. The molecule has 3 unspecified atom stereocenters. The van der Waals surface area contributed by atoms with E-state index in [-0.39, 0.29) is 12.5 Å². The average molecular weight is 213 g/mol. The van der Waals surface area contributed by atoms with Gasteiger partial charge in [0.2, 0.25) is 0 Å². The fraction of sp³-hybridized carbons (Fsp3) is 0.917. The lowest BCUT2D eigenvalue weighted by molar-refractivity contribution is -0.151. The molecule has 15 heavy (non-hydrogen) atoms. The first-order valence-corrected chi connectivity index (χ1v) is 5.98. The maximum absolute atomic E-state index is 11.3.